The largest absolute Gasteiger partial charge is 0.456 e. The summed E-state index contributed by atoms with van der Waals surface area (Å²) in [6, 6.07) is 54.9. The van der Waals surface area contributed by atoms with Gasteiger partial charge in [0.15, 0.2) is 0 Å². The highest BCUT2D eigenvalue weighted by atomic mass is 16.3. The Morgan fingerprint density at radius 1 is 0.345 bits per heavy atom. The van der Waals surface area contributed by atoms with Crippen molar-refractivity contribution in [2.45, 2.75) is 0 Å². The number of hydrogen-bond donors (Lipinski definition) is 0. The molecule has 0 aliphatic heterocycles. The molecule has 0 unspecified atom stereocenters. The Labute approximate surface area is 339 Å². The molecule has 270 valence electrons. The van der Waals surface area contributed by atoms with Gasteiger partial charge in [-0.2, -0.15) is 0 Å². The molecule has 0 saturated heterocycles. The van der Waals surface area contributed by atoms with E-state index < -0.39 is 6.04 Å². The van der Waals surface area contributed by atoms with E-state index in [4.69, 9.17) is 15.7 Å². The Bertz CT molecular complexity index is 4090. The first-order valence-electron chi connectivity index (χ1n) is 21.8. The van der Waals surface area contributed by atoms with Crippen LogP contribution in [0.3, 0.4) is 0 Å². The van der Waals surface area contributed by atoms with Crippen LogP contribution < -0.4 is 0 Å². The quantitative estimate of drug-likeness (QED) is 0.180. The van der Waals surface area contributed by atoms with Crippen molar-refractivity contribution in [3.8, 4) is 33.6 Å². The summed E-state index contributed by atoms with van der Waals surface area (Å²) in [4.78, 5) is 0. The zero-order chi connectivity index (χ0) is 42.2. The molecule has 0 amide bonds. The molecule has 0 spiro atoms. The molecule has 0 radical (unpaired) electrons. The maximum absolute atomic E-state index is 8.77. The SMILES string of the molecule is [2H]c1c([2H])c([2H])c(-c2cccc3oc4ccc(-n5c6ccccc6c6cc(-c7ccc8c(c7)c7ccccc7n8-c7ccc8c(c7)oc7ccccc78)ccc65)cc4c23)c([2H])c1[2H]. The van der Waals surface area contributed by atoms with Gasteiger partial charge in [-0.3, -0.25) is 0 Å². The van der Waals surface area contributed by atoms with Crippen LogP contribution in [0.1, 0.15) is 6.85 Å². The molecule has 13 aromatic rings. The molecule has 4 aromatic heterocycles. The van der Waals surface area contributed by atoms with Crippen LogP contribution >= 0.6 is 0 Å². The number of furan rings is 2. The van der Waals surface area contributed by atoms with Crippen LogP contribution in [-0.2, 0) is 0 Å². The topological polar surface area (TPSA) is 36.1 Å². The minimum Gasteiger partial charge on any atom is -0.456 e. The number of nitrogens with zero attached hydrogens (tertiary/aromatic N) is 2. The second-order valence-electron chi connectivity index (χ2n) is 14.9. The van der Waals surface area contributed by atoms with E-state index >= 15 is 0 Å². The highest BCUT2D eigenvalue weighted by Crippen LogP contribution is 2.42. The Kier molecular flexibility index (Phi) is 5.49. The fraction of sp³-hybridized carbons (Fsp3) is 0. The second kappa shape index (κ2) is 11.8. The van der Waals surface area contributed by atoms with Crippen molar-refractivity contribution in [2.24, 2.45) is 0 Å². The van der Waals surface area contributed by atoms with Gasteiger partial charge in [-0.25, -0.2) is 0 Å². The summed E-state index contributed by atoms with van der Waals surface area (Å²) in [6.45, 7) is 0. The number of rotatable bonds is 4. The van der Waals surface area contributed by atoms with Crippen LogP contribution in [0.2, 0.25) is 0 Å². The summed E-state index contributed by atoms with van der Waals surface area (Å²) in [5.41, 5.74) is 12.1. The summed E-state index contributed by atoms with van der Waals surface area (Å²) in [5.74, 6) is 0. The first-order valence-corrected chi connectivity index (χ1v) is 19.3. The summed E-state index contributed by atoms with van der Waals surface area (Å²) in [5, 5.41) is 8.27. The van der Waals surface area contributed by atoms with Gasteiger partial charge in [0.2, 0.25) is 0 Å². The molecule has 0 atom stereocenters. The number of para-hydroxylation sites is 3. The lowest BCUT2D eigenvalue weighted by Crippen LogP contribution is -1.94. The molecule has 0 bridgehead atoms. The minimum absolute atomic E-state index is 0.149. The zero-order valence-corrected chi connectivity index (χ0v) is 30.8. The van der Waals surface area contributed by atoms with Crippen LogP contribution in [-0.4, -0.2) is 9.13 Å². The van der Waals surface area contributed by atoms with E-state index in [9.17, 15) is 0 Å². The minimum atomic E-state index is -0.420. The van der Waals surface area contributed by atoms with E-state index in [2.05, 4.69) is 124 Å². The predicted octanol–water partition coefficient (Wildman–Crippen LogP) is 15.0. The molecule has 4 heterocycles. The van der Waals surface area contributed by atoms with Gasteiger partial charge in [0, 0.05) is 60.5 Å². The zero-order valence-electron chi connectivity index (χ0n) is 35.8. The van der Waals surface area contributed by atoms with E-state index in [1.165, 1.54) is 10.8 Å². The van der Waals surface area contributed by atoms with Crippen molar-refractivity contribution in [1.29, 1.82) is 0 Å². The van der Waals surface area contributed by atoms with Crippen LogP contribution in [0.4, 0.5) is 0 Å². The van der Waals surface area contributed by atoms with Gasteiger partial charge in [0.1, 0.15) is 22.3 Å². The summed E-state index contributed by atoms with van der Waals surface area (Å²) in [6.07, 6.45) is 0. The van der Waals surface area contributed by atoms with Gasteiger partial charge in [0.05, 0.1) is 28.9 Å². The lowest BCUT2D eigenvalue weighted by Gasteiger charge is -2.10. The molecule has 0 aliphatic rings. The van der Waals surface area contributed by atoms with Crippen molar-refractivity contribution < 1.29 is 15.7 Å². The van der Waals surface area contributed by atoms with Gasteiger partial charge < -0.3 is 18.0 Å². The van der Waals surface area contributed by atoms with E-state index in [0.717, 1.165) is 82.7 Å². The normalized spacial score (nSPS) is 13.3. The Morgan fingerprint density at radius 2 is 0.897 bits per heavy atom. The molecule has 4 heteroatoms. The molecule has 58 heavy (non-hydrogen) atoms. The van der Waals surface area contributed by atoms with Gasteiger partial charge in [-0.15, -0.1) is 0 Å². The molecule has 0 N–H and O–H groups in total. The third-order valence-electron chi connectivity index (χ3n) is 11.8. The average Bonchev–Trinajstić information content (AvgIpc) is 4.07. The maximum atomic E-state index is 8.77. The molecular weight excluding hydrogens is 709 g/mol. The monoisotopic (exact) mass is 745 g/mol. The smallest absolute Gasteiger partial charge is 0.137 e. The molecule has 13 rings (SSSR count). The Hall–Kier alpha value is -7.82. The predicted molar refractivity (Wildman–Crippen MR) is 241 cm³/mol. The second-order valence-corrected chi connectivity index (χ2v) is 14.9. The lowest BCUT2D eigenvalue weighted by atomic mass is 9.99. The van der Waals surface area contributed by atoms with Gasteiger partial charge >= 0.3 is 0 Å². The van der Waals surface area contributed by atoms with Crippen molar-refractivity contribution in [3.63, 3.8) is 0 Å². The molecule has 0 saturated carbocycles. The maximum Gasteiger partial charge on any atom is 0.137 e. The van der Waals surface area contributed by atoms with Gasteiger partial charge in [0.25, 0.3) is 0 Å². The highest BCUT2D eigenvalue weighted by Gasteiger charge is 2.19. The van der Waals surface area contributed by atoms with Crippen LogP contribution in [0.5, 0.6) is 0 Å². The average molecular weight is 746 g/mol. The van der Waals surface area contributed by atoms with Crippen LogP contribution in [0, 0.1) is 0 Å². The molecule has 9 aromatic carbocycles. The van der Waals surface area contributed by atoms with Crippen molar-refractivity contribution >= 4 is 87.5 Å². The first kappa shape index (κ1) is 26.9. The fourth-order valence-electron chi connectivity index (χ4n) is 9.26. The standard InChI is InChI=1S/C54H32N2O2/c1-2-11-33(12-3-1)38-16-10-20-52-54(38)45-31-36(24-28-51(45)57-52)55-46-17-7-4-13-39(46)43-29-34(21-26-48(43)55)35-22-27-49-44(30-35)40-14-5-8-18-47(40)56(49)37-23-25-42-41-15-6-9-19-50(41)58-53(42)32-37/h1-32H/i1D,2D,3D,11D,12D. The fourth-order valence-corrected chi connectivity index (χ4v) is 9.26. The third-order valence-corrected chi connectivity index (χ3v) is 11.8. The van der Waals surface area contributed by atoms with E-state index in [0.29, 0.717) is 22.1 Å². The highest BCUT2D eigenvalue weighted by molar-refractivity contribution is 6.15. The van der Waals surface area contributed by atoms with E-state index in [-0.39, 0.29) is 29.7 Å². The van der Waals surface area contributed by atoms with Gasteiger partial charge in [-0.1, -0.05) is 109 Å². The summed E-state index contributed by atoms with van der Waals surface area (Å²) >= 11 is 0. The number of aromatic nitrogens is 2. The Morgan fingerprint density at radius 3 is 1.62 bits per heavy atom. The summed E-state index contributed by atoms with van der Waals surface area (Å²) < 4.78 is 59.7. The van der Waals surface area contributed by atoms with Crippen LogP contribution in [0.15, 0.2) is 203 Å². The number of benzene rings is 9. The molecule has 4 nitrogen and oxygen atoms in total. The van der Waals surface area contributed by atoms with Crippen molar-refractivity contribution in [1.82, 2.24) is 9.13 Å². The Balaban J connectivity index is 0.964. The first-order chi connectivity index (χ1) is 30.8. The summed E-state index contributed by atoms with van der Waals surface area (Å²) in [7, 11) is 0. The molecule has 0 aliphatic carbocycles. The van der Waals surface area contributed by atoms with Gasteiger partial charge in [-0.05, 0) is 101 Å². The van der Waals surface area contributed by atoms with Crippen molar-refractivity contribution in [3.05, 3.63) is 194 Å². The third kappa shape index (κ3) is 4.45. The number of hydrogen-bond acceptors (Lipinski definition) is 2. The number of fused-ring (bicyclic) bond motifs is 12. The molecule has 0 fully saturated rings. The van der Waals surface area contributed by atoms with Crippen LogP contribution in [0.25, 0.3) is 121 Å². The van der Waals surface area contributed by atoms with Crippen molar-refractivity contribution in [2.75, 3.05) is 0 Å². The van der Waals surface area contributed by atoms with E-state index in [1.807, 2.05) is 36.4 Å². The molecular formula is C54H32N2O2. The van der Waals surface area contributed by atoms with E-state index in [1.54, 1.807) is 12.1 Å². The lowest BCUT2D eigenvalue weighted by molar-refractivity contribution is 0.668.